The number of para-hydroxylation sites is 1. The lowest BCUT2D eigenvalue weighted by atomic mass is 9.82. The van der Waals surface area contributed by atoms with Crippen LogP contribution in [0.1, 0.15) is 59.7 Å². The Labute approximate surface area is 316 Å². The van der Waals surface area contributed by atoms with Gasteiger partial charge in [0.15, 0.2) is 5.84 Å². The molecule has 0 radical (unpaired) electrons. The Morgan fingerprint density at radius 3 is 2.07 bits per heavy atom. The molecule has 0 fully saturated rings. The van der Waals surface area contributed by atoms with Crippen molar-refractivity contribution in [3.8, 4) is 27.9 Å². The van der Waals surface area contributed by atoms with Gasteiger partial charge < -0.3 is 4.57 Å². The first-order valence-corrected chi connectivity index (χ1v) is 18.7. The summed E-state index contributed by atoms with van der Waals surface area (Å²) in [6.07, 6.45) is 0.818. The van der Waals surface area contributed by atoms with Gasteiger partial charge in [-0.05, 0) is 92.9 Å². The molecular weight excluding hydrogens is 655 g/mol. The molecule has 0 saturated carbocycles. The molecule has 0 unspecified atom stereocenters. The van der Waals surface area contributed by atoms with Crippen LogP contribution in [-0.2, 0) is 11.8 Å². The van der Waals surface area contributed by atoms with E-state index in [-0.39, 0.29) is 5.41 Å². The number of amidine groups is 1. The highest BCUT2D eigenvalue weighted by molar-refractivity contribution is 6.14. The fourth-order valence-corrected chi connectivity index (χ4v) is 8.86. The molecule has 1 aromatic heterocycles. The number of hydrogen-bond donors (Lipinski definition) is 0. The van der Waals surface area contributed by atoms with Crippen LogP contribution in [0.4, 0.5) is 0 Å². The van der Waals surface area contributed by atoms with Crippen LogP contribution in [0, 0.1) is 0 Å². The molecule has 3 nitrogen and oxygen atoms in total. The summed E-state index contributed by atoms with van der Waals surface area (Å²) in [5.74, 6) is 0.657. The Morgan fingerprint density at radius 2 is 1.26 bits per heavy atom. The van der Waals surface area contributed by atoms with Gasteiger partial charge in [0.1, 0.15) is 0 Å². The van der Waals surface area contributed by atoms with E-state index in [9.17, 15) is 0 Å². The number of hydrogen-bond acceptors (Lipinski definition) is 1. The van der Waals surface area contributed by atoms with Crippen LogP contribution >= 0.6 is 0 Å². The van der Waals surface area contributed by atoms with Crippen LogP contribution in [0.3, 0.4) is 0 Å². The summed E-state index contributed by atoms with van der Waals surface area (Å²) in [4.78, 5) is 10.2. The van der Waals surface area contributed by atoms with Gasteiger partial charge in [-0.3, -0.25) is 0 Å². The summed E-state index contributed by atoms with van der Waals surface area (Å²) >= 11 is 0. The predicted octanol–water partition coefficient (Wildman–Crippen LogP) is 12.6. The summed E-state index contributed by atoms with van der Waals surface area (Å²) < 4.78 is 2.51. The minimum atomic E-state index is -0.0842. The zero-order chi connectivity index (χ0) is 36.6. The second-order valence-electron chi connectivity index (χ2n) is 15.1. The van der Waals surface area contributed by atoms with E-state index in [1.54, 1.807) is 0 Å². The highest BCUT2D eigenvalue weighted by atomic mass is 15.0. The Morgan fingerprint density at radius 1 is 0.556 bits per heavy atom. The molecule has 2 aliphatic rings. The molecule has 7 aromatic carbocycles. The van der Waals surface area contributed by atoms with Gasteiger partial charge in [-0.25, -0.2) is 9.98 Å². The van der Waals surface area contributed by atoms with Gasteiger partial charge in [-0.15, -0.1) is 0 Å². The van der Waals surface area contributed by atoms with Crippen molar-refractivity contribution >= 4 is 39.1 Å². The van der Waals surface area contributed by atoms with Crippen molar-refractivity contribution in [3.63, 3.8) is 0 Å². The monoisotopic (exact) mass is 693 g/mol. The molecule has 0 N–H and O–H groups in total. The first-order valence-electron chi connectivity index (χ1n) is 18.7. The van der Waals surface area contributed by atoms with Gasteiger partial charge in [0, 0.05) is 33.9 Å². The summed E-state index contributed by atoms with van der Waals surface area (Å²) in [5, 5.41) is 2.57. The van der Waals surface area contributed by atoms with Gasteiger partial charge in [-0.2, -0.15) is 0 Å². The molecule has 3 heteroatoms. The van der Waals surface area contributed by atoms with E-state index in [1.807, 2.05) is 55.5 Å². The van der Waals surface area contributed by atoms with Crippen LogP contribution in [0.25, 0.3) is 55.4 Å². The molecule has 258 valence electrons. The van der Waals surface area contributed by atoms with E-state index in [0.717, 1.165) is 28.8 Å². The van der Waals surface area contributed by atoms with Gasteiger partial charge in [0.25, 0.3) is 0 Å². The molecule has 0 atom stereocenters. The number of aromatic nitrogens is 1. The Bertz CT molecular complexity index is 2890. The number of benzene rings is 7. The fourth-order valence-electron chi connectivity index (χ4n) is 8.86. The average Bonchev–Trinajstić information content (AvgIpc) is 3.82. The van der Waals surface area contributed by atoms with Crippen molar-refractivity contribution in [2.24, 2.45) is 9.98 Å². The van der Waals surface area contributed by atoms with Gasteiger partial charge in [0.05, 0.1) is 22.4 Å². The number of aliphatic imine (C=N–C) groups is 2. The SMILES string of the molecule is C=C(/N=C(\N=C(/C)c1ccccc1)c1ccc2c(c1)Cc1c-2cccc1-n1c2ccccc2c2cc3c(cc21)C(C)(C)c1ccccc1-3)c1ccccc1. The molecule has 10 rings (SSSR count). The molecule has 0 amide bonds. The van der Waals surface area contributed by atoms with Crippen molar-refractivity contribution in [2.75, 3.05) is 0 Å². The number of fused-ring (bicyclic) bond motifs is 9. The van der Waals surface area contributed by atoms with Crippen molar-refractivity contribution in [2.45, 2.75) is 32.6 Å². The number of nitrogens with zero attached hydrogens (tertiary/aromatic N) is 3. The quantitative estimate of drug-likeness (QED) is 0.127. The van der Waals surface area contributed by atoms with E-state index in [1.165, 1.54) is 72.0 Å². The van der Waals surface area contributed by atoms with Gasteiger partial charge in [0.2, 0.25) is 0 Å². The highest BCUT2D eigenvalue weighted by Crippen LogP contribution is 2.51. The van der Waals surface area contributed by atoms with Gasteiger partial charge >= 0.3 is 0 Å². The Balaban J connectivity index is 1.11. The van der Waals surface area contributed by atoms with E-state index < -0.39 is 0 Å². The summed E-state index contributed by atoms with van der Waals surface area (Å²) in [5.41, 5.74) is 18.9. The maximum atomic E-state index is 5.14. The highest BCUT2D eigenvalue weighted by Gasteiger charge is 2.36. The summed E-state index contributed by atoms with van der Waals surface area (Å²) in [6, 6.07) is 56.6. The first-order chi connectivity index (χ1) is 26.4. The standard InChI is InChI=1S/C51H39N3/c1-32(34-16-7-5-8-17-34)52-50(53-33(2)35-18-9-6-10-19-35)36-26-27-38-37(28-36)29-43-39(38)22-15-25-48(43)54-47-24-14-12-21-41(47)44-30-42-40-20-11-13-23-45(40)51(3,4)46(42)31-49(44)54/h5-28,30-31H,1,29H2,2-4H3/b52-50-,53-33+. The number of rotatable bonds is 5. The minimum Gasteiger partial charge on any atom is -0.309 e. The topological polar surface area (TPSA) is 29.6 Å². The molecule has 0 saturated heterocycles. The minimum absolute atomic E-state index is 0.0842. The van der Waals surface area contributed by atoms with E-state index >= 15 is 0 Å². The molecule has 1 heterocycles. The molecule has 54 heavy (non-hydrogen) atoms. The zero-order valence-corrected chi connectivity index (χ0v) is 30.8. The Hall–Kier alpha value is -6.58. The van der Waals surface area contributed by atoms with Gasteiger partial charge in [-0.1, -0.05) is 148 Å². The fraction of sp³-hybridized carbons (Fsp3) is 0.0980. The van der Waals surface area contributed by atoms with Crippen molar-refractivity contribution < 1.29 is 0 Å². The Kier molecular flexibility index (Phi) is 7.28. The predicted molar refractivity (Wildman–Crippen MR) is 227 cm³/mol. The largest absolute Gasteiger partial charge is 0.309 e. The molecule has 0 bridgehead atoms. The first kappa shape index (κ1) is 32.1. The van der Waals surface area contributed by atoms with Crippen molar-refractivity contribution in [3.05, 3.63) is 203 Å². The smallest absolute Gasteiger partial charge is 0.160 e. The van der Waals surface area contributed by atoms with Crippen LogP contribution in [-0.4, -0.2) is 16.1 Å². The average molecular weight is 694 g/mol. The third-order valence-corrected chi connectivity index (χ3v) is 11.6. The third-order valence-electron chi connectivity index (χ3n) is 11.6. The molecule has 0 spiro atoms. The lowest BCUT2D eigenvalue weighted by molar-refractivity contribution is 0.661. The summed E-state index contributed by atoms with van der Waals surface area (Å²) in [6.45, 7) is 11.1. The van der Waals surface area contributed by atoms with Crippen LogP contribution < -0.4 is 0 Å². The summed E-state index contributed by atoms with van der Waals surface area (Å²) in [7, 11) is 0. The molecule has 2 aliphatic carbocycles. The normalized spacial score (nSPS) is 14.2. The van der Waals surface area contributed by atoms with Crippen molar-refractivity contribution in [1.29, 1.82) is 0 Å². The van der Waals surface area contributed by atoms with E-state index in [2.05, 4.69) is 134 Å². The maximum Gasteiger partial charge on any atom is 0.160 e. The lowest BCUT2D eigenvalue weighted by Gasteiger charge is -2.22. The second kappa shape index (κ2) is 12.2. The molecule has 0 aliphatic heterocycles. The molecular formula is C51H39N3. The third kappa shape index (κ3) is 4.96. The van der Waals surface area contributed by atoms with E-state index in [0.29, 0.717) is 11.5 Å². The zero-order valence-electron chi connectivity index (χ0n) is 30.8. The second-order valence-corrected chi connectivity index (χ2v) is 15.1. The van der Waals surface area contributed by atoms with Crippen molar-refractivity contribution in [1.82, 2.24) is 4.57 Å². The van der Waals surface area contributed by atoms with E-state index in [4.69, 9.17) is 9.98 Å². The van der Waals surface area contributed by atoms with Crippen LogP contribution in [0.5, 0.6) is 0 Å². The van der Waals surface area contributed by atoms with Crippen LogP contribution in [0.2, 0.25) is 0 Å². The maximum absolute atomic E-state index is 5.14. The van der Waals surface area contributed by atoms with Crippen LogP contribution in [0.15, 0.2) is 174 Å². The molecule has 8 aromatic rings. The lowest BCUT2D eigenvalue weighted by Crippen LogP contribution is -2.15.